The number of rotatable bonds is 7. The quantitative estimate of drug-likeness (QED) is 0.596. The summed E-state index contributed by atoms with van der Waals surface area (Å²) in [5.74, 6) is 0.834. The minimum atomic E-state index is -0.286. The van der Waals surface area contributed by atoms with Crippen molar-refractivity contribution in [3.63, 3.8) is 0 Å². The molecule has 0 bridgehead atoms. The molecule has 0 aromatic heterocycles. The van der Waals surface area contributed by atoms with E-state index in [4.69, 9.17) is 0 Å². The van der Waals surface area contributed by atoms with Gasteiger partial charge >= 0.3 is 0 Å². The van der Waals surface area contributed by atoms with Gasteiger partial charge in [-0.25, -0.2) is 0 Å². The van der Waals surface area contributed by atoms with Crippen LogP contribution in [0.1, 0.15) is 31.2 Å². The highest BCUT2D eigenvalue weighted by Crippen LogP contribution is 2.34. The Morgan fingerprint density at radius 3 is 2.78 bits per heavy atom. The lowest BCUT2D eigenvalue weighted by Gasteiger charge is -2.14. The van der Waals surface area contributed by atoms with Gasteiger partial charge in [-0.3, -0.25) is 10.1 Å². The number of nitro benzene ring substituents is 1. The minimum Gasteiger partial charge on any atom is -0.317 e. The van der Waals surface area contributed by atoms with Crippen molar-refractivity contribution in [3.05, 3.63) is 39.9 Å². The third-order valence-electron chi connectivity index (χ3n) is 3.71. The van der Waals surface area contributed by atoms with E-state index in [1.807, 2.05) is 19.2 Å². The van der Waals surface area contributed by atoms with E-state index in [2.05, 4.69) is 5.32 Å². The molecular formula is C14H20N2O2. The fourth-order valence-electron chi connectivity index (χ4n) is 2.53. The number of para-hydroxylation sites is 1. The van der Waals surface area contributed by atoms with Gasteiger partial charge in [-0.15, -0.1) is 0 Å². The van der Waals surface area contributed by atoms with Gasteiger partial charge in [0, 0.05) is 17.7 Å². The third-order valence-corrected chi connectivity index (χ3v) is 3.71. The Bertz CT molecular complexity index is 416. The molecule has 1 aliphatic carbocycles. The van der Waals surface area contributed by atoms with Crippen LogP contribution in [0.25, 0.3) is 0 Å². The van der Waals surface area contributed by atoms with Crippen molar-refractivity contribution < 1.29 is 4.92 Å². The summed E-state index contributed by atoms with van der Waals surface area (Å²) in [5.41, 5.74) is 1.11. The van der Waals surface area contributed by atoms with E-state index in [9.17, 15) is 10.1 Å². The molecule has 0 spiro atoms. The summed E-state index contributed by atoms with van der Waals surface area (Å²) in [6, 6.07) is 7.64. The molecular weight excluding hydrogens is 228 g/mol. The SMILES string of the molecule is CNC(CCCc1ccccc1[N+](=O)[O-])C1CC1. The molecule has 0 aliphatic heterocycles. The average Bonchev–Trinajstić information content (AvgIpc) is 3.19. The van der Waals surface area contributed by atoms with Crippen LogP contribution in [0.3, 0.4) is 0 Å². The Labute approximate surface area is 108 Å². The summed E-state index contributed by atoms with van der Waals surface area (Å²) in [6.45, 7) is 0. The van der Waals surface area contributed by atoms with E-state index in [-0.39, 0.29) is 10.6 Å². The Morgan fingerprint density at radius 2 is 2.17 bits per heavy atom. The molecule has 2 rings (SSSR count). The van der Waals surface area contributed by atoms with Crippen molar-refractivity contribution in [2.24, 2.45) is 5.92 Å². The van der Waals surface area contributed by atoms with Gasteiger partial charge in [0.1, 0.15) is 0 Å². The van der Waals surface area contributed by atoms with Gasteiger partial charge in [-0.1, -0.05) is 18.2 Å². The van der Waals surface area contributed by atoms with Gasteiger partial charge in [-0.05, 0) is 45.1 Å². The molecule has 1 aromatic rings. The van der Waals surface area contributed by atoms with Crippen LogP contribution in [0, 0.1) is 16.0 Å². The van der Waals surface area contributed by atoms with Gasteiger partial charge in [0.2, 0.25) is 0 Å². The van der Waals surface area contributed by atoms with Gasteiger partial charge in [-0.2, -0.15) is 0 Å². The monoisotopic (exact) mass is 248 g/mol. The first-order chi connectivity index (χ1) is 8.72. The number of nitro groups is 1. The van der Waals surface area contributed by atoms with Crippen molar-refractivity contribution in [2.75, 3.05) is 7.05 Å². The number of aryl methyl sites for hydroxylation is 1. The molecule has 1 fully saturated rings. The summed E-state index contributed by atoms with van der Waals surface area (Å²) in [7, 11) is 2.01. The molecule has 0 heterocycles. The zero-order valence-corrected chi connectivity index (χ0v) is 10.8. The van der Waals surface area contributed by atoms with Crippen molar-refractivity contribution in [3.8, 4) is 0 Å². The smallest absolute Gasteiger partial charge is 0.272 e. The predicted molar refractivity (Wildman–Crippen MR) is 71.6 cm³/mol. The maximum atomic E-state index is 10.9. The second-order valence-electron chi connectivity index (χ2n) is 5.01. The lowest BCUT2D eigenvalue weighted by Crippen LogP contribution is -2.27. The minimum absolute atomic E-state index is 0.255. The fraction of sp³-hybridized carbons (Fsp3) is 0.571. The van der Waals surface area contributed by atoms with Crippen LogP contribution >= 0.6 is 0 Å². The van der Waals surface area contributed by atoms with Gasteiger partial charge in [0.05, 0.1) is 4.92 Å². The zero-order chi connectivity index (χ0) is 13.0. The number of benzene rings is 1. The third kappa shape index (κ3) is 3.29. The summed E-state index contributed by atoms with van der Waals surface area (Å²) in [5, 5.41) is 14.2. The van der Waals surface area contributed by atoms with Gasteiger partial charge in [0.15, 0.2) is 0 Å². The van der Waals surface area contributed by atoms with Crippen LogP contribution in [0.4, 0.5) is 5.69 Å². The molecule has 1 aliphatic rings. The molecule has 1 aromatic carbocycles. The van der Waals surface area contributed by atoms with Crippen molar-refractivity contribution in [1.82, 2.24) is 5.32 Å². The first-order valence-electron chi connectivity index (χ1n) is 6.62. The van der Waals surface area contributed by atoms with Gasteiger partial charge < -0.3 is 5.32 Å². The Hall–Kier alpha value is -1.42. The second-order valence-corrected chi connectivity index (χ2v) is 5.01. The largest absolute Gasteiger partial charge is 0.317 e. The topological polar surface area (TPSA) is 55.2 Å². The fourth-order valence-corrected chi connectivity index (χ4v) is 2.53. The molecule has 98 valence electrons. The molecule has 0 saturated heterocycles. The predicted octanol–water partition coefficient (Wildman–Crippen LogP) is 2.92. The highest BCUT2D eigenvalue weighted by Gasteiger charge is 2.29. The lowest BCUT2D eigenvalue weighted by atomic mass is 10.0. The van der Waals surface area contributed by atoms with E-state index in [1.54, 1.807) is 12.1 Å². The average molecular weight is 248 g/mol. The Morgan fingerprint density at radius 1 is 1.44 bits per heavy atom. The first-order valence-corrected chi connectivity index (χ1v) is 6.62. The van der Waals surface area contributed by atoms with Crippen molar-refractivity contribution in [1.29, 1.82) is 0 Å². The zero-order valence-electron chi connectivity index (χ0n) is 10.8. The maximum absolute atomic E-state index is 10.9. The van der Waals surface area contributed by atoms with Crippen LogP contribution in [0.5, 0.6) is 0 Å². The van der Waals surface area contributed by atoms with E-state index in [0.29, 0.717) is 6.04 Å². The number of nitrogens with zero attached hydrogens (tertiary/aromatic N) is 1. The Balaban J connectivity index is 1.87. The molecule has 1 N–H and O–H groups in total. The van der Waals surface area contributed by atoms with E-state index in [1.165, 1.54) is 12.8 Å². The summed E-state index contributed by atoms with van der Waals surface area (Å²) >= 11 is 0. The van der Waals surface area contributed by atoms with E-state index in [0.717, 1.165) is 30.7 Å². The van der Waals surface area contributed by atoms with Gasteiger partial charge in [0.25, 0.3) is 5.69 Å². The molecule has 1 saturated carbocycles. The van der Waals surface area contributed by atoms with Crippen LogP contribution in [-0.4, -0.2) is 18.0 Å². The first kappa shape index (κ1) is 13.0. The summed E-state index contributed by atoms with van der Waals surface area (Å²) in [4.78, 5) is 10.6. The molecule has 1 unspecified atom stereocenters. The van der Waals surface area contributed by atoms with E-state index < -0.39 is 0 Å². The molecule has 0 radical (unpaired) electrons. The highest BCUT2D eigenvalue weighted by atomic mass is 16.6. The van der Waals surface area contributed by atoms with Crippen molar-refractivity contribution in [2.45, 2.75) is 38.1 Å². The number of nitrogens with one attached hydrogen (secondary N) is 1. The van der Waals surface area contributed by atoms with Crippen LogP contribution < -0.4 is 5.32 Å². The van der Waals surface area contributed by atoms with Crippen LogP contribution in [-0.2, 0) is 6.42 Å². The molecule has 4 nitrogen and oxygen atoms in total. The molecule has 4 heteroatoms. The Kier molecular flexibility index (Phi) is 4.31. The lowest BCUT2D eigenvalue weighted by molar-refractivity contribution is -0.385. The highest BCUT2D eigenvalue weighted by molar-refractivity contribution is 5.39. The second kappa shape index (κ2) is 5.96. The van der Waals surface area contributed by atoms with Crippen LogP contribution in [0.2, 0.25) is 0 Å². The summed E-state index contributed by atoms with van der Waals surface area (Å²) < 4.78 is 0. The standard InChI is InChI=1S/C14H20N2O2/c1-15-13(11-9-10-11)7-4-6-12-5-2-3-8-14(12)16(17)18/h2-3,5,8,11,13,15H,4,6-7,9-10H2,1H3. The molecule has 18 heavy (non-hydrogen) atoms. The number of hydrogen-bond donors (Lipinski definition) is 1. The van der Waals surface area contributed by atoms with Crippen LogP contribution in [0.15, 0.2) is 24.3 Å². The van der Waals surface area contributed by atoms with Crippen molar-refractivity contribution >= 4 is 5.69 Å². The normalized spacial score (nSPS) is 16.5. The molecule has 1 atom stereocenters. The maximum Gasteiger partial charge on any atom is 0.272 e. The number of hydrogen-bond acceptors (Lipinski definition) is 3. The van der Waals surface area contributed by atoms with E-state index >= 15 is 0 Å². The summed E-state index contributed by atoms with van der Waals surface area (Å²) in [6.07, 6.45) is 5.57. The molecule has 0 amide bonds.